The van der Waals surface area contributed by atoms with Gasteiger partial charge in [0.15, 0.2) is 0 Å². The third kappa shape index (κ3) is 1.76. The van der Waals surface area contributed by atoms with Gasteiger partial charge in [-0.25, -0.2) is 4.79 Å². The highest BCUT2D eigenvalue weighted by Crippen LogP contribution is 2.24. The molecule has 2 rings (SSSR count). The molecule has 1 aromatic heterocycles. The van der Waals surface area contributed by atoms with Gasteiger partial charge in [0.1, 0.15) is 0 Å². The normalized spacial score (nSPS) is 10.9. The highest BCUT2D eigenvalue weighted by atomic mass is 79.9. The maximum atomic E-state index is 12.0. The highest BCUT2D eigenvalue weighted by molar-refractivity contribution is 9.11. The summed E-state index contributed by atoms with van der Waals surface area (Å²) >= 11 is 6.63. The monoisotopic (exact) mass is 346 g/mol. The fraction of sp³-hybridized carbons (Fsp3) is 0.200. The molecule has 1 aromatic carbocycles. The van der Waals surface area contributed by atoms with Crippen LogP contribution in [0.5, 0.6) is 0 Å². The van der Waals surface area contributed by atoms with Crippen LogP contribution in [-0.2, 0) is 6.54 Å². The maximum absolute atomic E-state index is 12.0. The first-order valence-electron chi connectivity index (χ1n) is 4.66. The molecule has 2 aromatic rings. The quantitative estimate of drug-likeness (QED) is 0.860. The van der Waals surface area contributed by atoms with Gasteiger partial charge in [-0.15, -0.1) is 0 Å². The van der Waals surface area contributed by atoms with E-state index in [1.165, 1.54) is 4.57 Å². The Morgan fingerprint density at radius 2 is 2.00 bits per heavy atom. The van der Waals surface area contributed by atoms with Crippen LogP contribution < -0.4 is 11.2 Å². The SMILES string of the molecule is CCn1c(=O)[nH]c2c(Br)cc(Br)cc2c1=O. The lowest BCUT2D eigenvalue weighted by molar-refractivity contribution is 0.684. The minimum absolute atomic E-state index is 0.275. The Kier molecular flexibility index (Phi) is 3.03. The highest BCUT2D eigenvalue weighted by Gasteiger charge is 2.09. The van der Waals surface area contributed by atoms with Gasteiger partial charge in [-0.05, 0) is 35.0 Å². The molecule has 0 spiro atoms. The van der Waals surface area contributed by atoms with Gasteiger partial charge in [-0.3, -0.25) is 9.36 Å². The van der Waals surface area contributed by atoms with Crippen LogP contribution in [0.3, 0.4) is 0 Å². The number of hydrogen-bond donors (Lipinski definition) is 1. The fourth-order valence-electron chi connectivity index (χ4n) is 1.57. The zero-order valence-electron chi connectivity index (χ0n) is 8.38. The van der Waals surface area contributed by atoms with Crippen LogP contribution in [0.2, 0.25) is 0 Å². The Balaban J connectivity index is 3.05. The van der Waals surface area contributed by atoms with Crippen LogP contribution in [0.15, 0.2) is 30.7 Å². The third-order valence-electron chi connectivity index (χ3n) is 2.32. The molecule has 0 fully saturated rings. The topological polar surface area (TPSA) is 54.9 Å². The molecule has 0 aliphatic rings. The molecule has 4 nitrogen and oxygen atoms in total. The van der Waals surface area contributed by atoms with E-state index in [2.05, 4.69) is 36.8 Å². The van der Waals surface area contributed by atoms with Gasteiger partial charge >= 0.3 is 5.69 Å². The van der Waals surface area contributed by atoms with Gasteiger partial charge < -0.3 is 4.98 Å². The Bertz CT molecular complexity index is 673. The lowest BCUT2D eigenvalue weighted by Gasteiger charge is -2.05. The molecule has 16 heavy (non-hydrogen) atoms. The Labute approximate surface area is 108 Å². The summed E-state index contributed by atoms with van der Waals surface area (Å²) in [5.41, 5.74) is -0.130. The summed E-state index contributed by atoms with van der Waals surface area (Å²) in [7, 11) is 0. The van der Waals surface area contributed by atoms with Crippen molar-refractivity contribution in [3.8, 4) is 0 Å². The van der Waals surface area contributed by atoms with Crippen LogP contribution in [0.1, 0.15) is 6.92 Å². The summed E-state index contributed by atoms with van der Waals surface area (Å²) in [6.45, 7) is 2.11. The molecule has 0 saturated heterocycles. The van der Waals surface area contributed by atoms with Crippen LogP contribution in [0.4, 0.5) is 0 Å². The van der Waals surface area contributed by atoms with Gasteiger partial charge in [0.25, 0.3) is 5.56 Å². The molecule has 0 unspecified atom stereocenters. The standard InChI is InChI=1S/C10H8Br2N2O2/c1-2-14-9(15)6-3-5(11)4-7(12)8(6)13-10(14)16/h3-4H,2H2,1H3,(H,13,16). The van der Waals surface area contributed by atoms with Crippen molar-refractivity contribution in [3.63, 3.8) is 0 Å². The lowest BCUT2D eigenvalue weighted by atomic mass is 10.2. The number of halogens is 2. The predicted molar refractivity (Wildman–Crippen MR) is 69.9 cm³/mol. The third-order valence-corrected chi connectivity index (χ3v) is 3.41. The zero-order valence-corrected chi connectivity index (χ0v) is 11.6. The van der Waals surface area contributed by atoms with Crippen LogP contribution in [0.25, 0.3) is 10.9 Å². The Morgan fingerprint density at radius 1 is 1.31 bits per heavy atom. The van der Waals surface area contributed by atoms with Crippen molar-refractivity contribution in [2.45, 2.75) is 13.5 Å². The van der Waals surface area contributed by atoms with Gasteiger partial charge in [0.2, 0.25) is 0 Å². The smallest absolute Gasteiger partial charge is 0.306 e. The van der Waals surface area contributed by atoms with Gasteiger partial charge in [-0.1, -0.05) is 15.9 Å². The Hall–Kier alpha value is -0.880. The number of benzene rings is 1. The van der Waals surface area contributed by atoms with E-state index in [4.69, 9.17) is 0 Å². The first-order valence-corrected chi connectivity index (χ1v) is 6.25. The molecule has 0 bridgehead atoms. The van der Waals surface area contributed by atoms with Crippen molar-refractivity contribution in [2.24, 2.45) is 0 Å². The lowest BCUT2D eigenvalue weighted by Crippen LogP contribution is -2.34. The summed E-state index contributed by atoms with van der Waals surface area (Å²) < 4.78 is 2.65. The van der Waals surface area contributed by atoms with Crippen molar-refractivity contribution >= 4 is 42.8 Å². The molecule has 1 heterocycles. The molecule has 1 N–H and O–H groups in total. The number of aromatic nitrogens is 2. The Morgan fingerprint density at radius 3 is 2.62 bits per heavy atom. The summed E-state index contributed by atoms with van der Waals surface area (Å²) in [6.07, 6.45) is 0. The minimum atomic E-state index is -0.386. The second-order valence-corrected chi connectivity index (χ2v) is 5.06. The number of nitrogens with zero attached hydrogens (tertiary/aromatic N) is 1. The molecule has 0 radical (unpaired) electrons. The second-order valence-electron chi connectivity index (χ2n) is 3.29. The average Bonchev–Trinajstić information content (AvgIpc) is 2.21. The van der Waals surface area contributed by atoms with Crippen LogP contribution in [-0.4, -0.2) is 9.55 Å². The molecule has 84 valence electrons. The van der Waals surface area contributed by atoms with Crippen LogP contribution in [0, 0.1) is 0 Å². The maximum Gasteiger partial charge on any atom is 0.328 e. The summed E-state index contributed by atoms with van der Waals surface area (Å²) in [4.78, 5) is 26.3. The van der Waals surface area contributed by atoms with E-state index in [9.17, 15) is 9.59 Å². The van der Waals surface area contributed by atoms with E-state index in [1.54, 1.807) is 19.1 Å². The number of fused-ring (bicyclic) bond motifs is 1. The van der Waals surface area contributed by atoms with Gasteiger partial charge in [0.05, 0.1) is 10.9 Å². The molecule has 0 aliphatic heterocycles. The van der Waals surface area contributed by atoms with Gasteiger partial charge in [0, 0.05) is 15.5 Å². The first kappa shape index (κ1) is 11.6. The number of aromatic amines is 1. The number of H-pyrrole nitrogens is 1. The molecule has 0 saturated carbocycles. The van der Waals surface area contributed by atoms with Crippen LogP contribution >= 0.6 is 31.9 Å². The van der Waals surface area contributed by atoms with Crippen molar-refractivity contribution in [2.75, 3.05) is 0 Å². The number of nitrogens with one attached hydrogen (secondary N) is 1. The number of hydrogen-bond acceptors (Lipinski definition) is 2. The predicted octanol–water partition coefficient (Wildman–Crippen LogP) is 2.23. The molecule has 0 amide bonds. The van der Waals surface area contributed by atoms with Crippen molar-refractivity contribution < 1.29 is 0 Å². The van der Waals surface area contributed by atoms with Crippen molar-refractivity contribution in [1.82, 2.24) is 9.55 Å². The van der Waals surface area contributed by atoms with Gasteiger partial charge in [-0.2, -0.15) is 0 Å². The van der Waals surface area contributed by atoms with E-state index in [-0.39, 0.29) is 11.2 Å². The molecule has 6 heteroatoms. The summed E-state index contributed by atoms with van der Waals surface area (Å²) in [5, 5.41) is 0.489. The van der Waals surface area contributed by atoms with E-state index < -0.39 is 0 Å². The molecular weight excluding hydrogens is 340 g/mol. The number of rotatable bonds is 1. The van der Waals surface area contributed by atoms with E-state index in [0.717, 1.165) is 4.47 Å². The largest absolute Gasteiger partial charge is 0.328 e. The van der Waals surface area contributed by atoms with E-state index in [1.807, 2.05) is 0 Å². The zero-order chi connectivity index (χ0) is 11.9. The second kappa shape index (κ2) is 4.18. The average molecular weight is 348 g/mol. The van der Waals surface area contributed by atoms with Crippen molar-refractivity contribution in [1.29, 1.82) is 0 Å². The van der Waals surface area contributed by atoms with E-state index in [0.29, 0.717) is 21.9 Å². The summed E-state index contributed by atoms with van der Waals surface area (Å²) in [5.74, 6) is 0. The first-order chi connectivity index (χ1) is 7.54. The molecule has 0 atom stereocenters. The van der Waals surface area contributed by atoms with Crippen molar-refractivity contribution in [3.05, 3.63) is 41.9 Å². The molecular formula is C10H8Br2N2O2. The summed E-state index contributed by atoms with van der Waals surface area (Å²) in [6, 6.07) is 3.48. The van der Waals surface area contributed by atoms with E-state index >= 15 is 0 Å². The molecule has 0 aliphatic carbocycles. The fourth-order valence-corrected chi connectivity index (χ4v) is 2.89. The minimum Gasteiger partial charge on any atom is -0.306 e.